The minimum atomic E-state index is -0.449. The van der Waals surface area contributed by atoms with Gasteiger partial charge in [-0.25, -0.2) is 0 Å². The highest BCUT2D eigenvalue weighted by Crippen LogP contribution is 1.99. The summed E-state index contributed by atoms with van der Waals surface area (Å²) in [5, 5.41) is 0. The third kappa shape index (κ3) is 6.15. The lowest BCUT2D eigenvalue weighted by atomic mass is 10.5. The van der Waals surface area contributed by atoms with Crippen LogP contribution in [0, 0.1) is 0 Å². The molecule has 0 spiro atoms. The molecule has 0 bridgehead atoms. The van der Waals surface area contributed by atoms with E-state index in [0.29, 0.717) is 13.2 Å². The lowest BCUT2D eigenvalue weighted by Crippen LogP contribution is -2.10. The van der Waals surface area contributed by atoms with Crippen LogP contribution in [-0.4, -0.2) is 18.8 Å². The van der Waals surface area contributed by atoms with Crippen molar-refractivity contribution in [3.8, 4) is 0 Å². The van der Waals surface area contributed by atoms with Crippen molar-refractivity contribution in [2.45, 2.75) is 25.9 Å². The van der Waals surface area contributed by atoms with Crippen LogP contribution in [0.25, 0.3) is 0 Å². The molecular formula is C6H13O2S. The van der Waals surface area contributed by atoms with Crippen molar-refractivity contribution in [3.05, 3.63) is 0 Å². The Balaban J connectivity index is 2.95. The van der Waals surface area contributed by atoms with E-state index in [1.807, 2.05) is 13.8 Å². The molecule has 0 N–H and O–H groups in total. The first kappa shape index (κ1) is 9.27. The van der Waals surface area contributed by atoms with Gasteiger partial charge in [-0.05, 0) is 26.0 Å². The second-order valence-corrected chi connectivity index (χ2v) is 2.00. The number of hydrogen-bond acceptors (Lipinski definition) is 2. The quantitative estimate of drug-likeness (QED) is 0.556. The summed E-state index contributed by atoms with van der Waals surface area (Å²) in [7, 11) is 0. The maximum absolute atomic E-state index is 5.02. The molecular weight excluding hydrogens is 136 g/mol. The molecule has 0 aliphatic carbocycles. The molecule has 1 atom stereocenters. The lowest BCUT2D eigenvalue weighted by molar-refractivity contribution is -0.0763. The van der Waals surface area contributed by atoms with Crippen molar-refractivity contribution >= 4 is 12.6 Å². The molecule has 2 nitrogen and oxygen atoms in total. The predicted octanol–water partition coefficient (Wildman–Crippen LogP) is 1.93. The highest BCUT2D eigenvalue weighted by molar-refractivity contribution is 7.80. The second kappa shape index (κ2) is 6.39. The van der Waals surface area contributed by atoms with Gasteiger partial charge < -0.3 is 9.47 Å². The molecule has 55 valence electrons. The zero-order valence-corrected chi connectivity index (χ0v) is 6.74. The van der Waals surface area contributed by atoms with Crippen LogP contribution >= 0.6 is 12.6 Å². The monoisotopic (exact) mass is 149 g/mol. The van der Waals surface area contributed by atoms with E-state index in [1.54, 1.807) is 0 Å². The molecule has 0 aromatic rings. The van der Waals surface area contributed by atoms with Crippen LogP contribution in [0.2, 0.25) is 0 Å². The van der Waals surface area contributed by atoms with E-state index in [2.05, 4.69) is 0 Å². The fraction of sp³-hybridized carbons (Fsp3) is 1.00. The van der Waals surface area contributed by atoms with Crippen molar-refractivity contribution in [2.24, 2.45) is 0 Å². The fourth-order valence-corrected chi connectivity index (χ4v) is 0.631. The molecule has 1 unspecified atom stereocenters. The van der Waals surface area contributed by atoms with E-state index in [9.17, 15) is 0 Å². The molecule has 9 heavy (non-hydrogen) atoms. The van der Waals surface area contributed by atoms with Crippen LogP contribution in [0.1, 0.15) is 20.3 Å². The van der Waals surface area contributed by atoms with Crippen LogP contribution in [0.4, 0.5) is 0 Å². The summed E-state index contributed by atoms with van der Waals surface area (Å²) in [5.41, 5.74) is -0.449. The molecule has 3 heteroatoms. The molecule has 0 aliphatic rings. The highest BCUT2D eigenvalue weighted by atomic mass is 32.1. The first-order valence-electron chi connectivity index (χ1n) is 3.20. The van der Waals surface area contributed by atoms with Crippen LogP contribution < -0.4 is 0 Å². The Kier molecular flexibility index (Phi) is 6.58. The molecule has 1 radical (unpaired) electrons. The predicted molar refractivity (Wildman–Crippen MR) is 39.2 cm³/mol. The van der Waals surface area contributed by atoms with Gasteiger partial charge >= 0.3 is 0 Å². The highest BCUT2D eigenvalue weighted by Gasteiger charge is 1.98. The first-order chi connectivity index (χ1) is 4.31. The summed E-state index contributed by atoms with van der Waals surface area (Å²) in [4.78, 5) is 0. The van der Waals surface area contributed by atoms with Gasteiger partial charge in [0.25, 0.3) is 0 Å². The minimum Gasteiger partial charge on any atom is -0.343 e. The Morgan fingerprint density at radius 3 is 2.44 bits per heavy atom. The molecule has 0 saturated heterocycles. The topological polar surface area (TPSA) is 18.5 Å². The molecule has 0 heterocycles. The Hall–Kier alpha value is 0.270. The van der Waals surface area contributed by atoms with E-state index < -0.39 is 5.62 Å². The summed E-state index contributed by atoms with van der Waals surface area (Å²) in [5.74, 6) is 0. The van der Waals surface area contributed by atoms with E-state index in [-0.39, 0.29) is 0 Å². The first-order valence-corrected chi connectivity index (χ1v) is 3.67. The van der Waals surface area contributed by atoms with Crippen molar-refractivity contribution in [3.63, 3.8) is 0 Å². The van der Waals surface area contributed by atoms with Gasteiger partial charge in [-0.1, -0.05) is 6.92 Å². The molecule has 0 rings (SSSR count). The summed E-state index contributed by atoms with van der Waals surface area (Å²) in [6.07, 6.45) is 0.986. The Morgan fingerprint density at radius 1 is 1.33 bits per heavy atom. The average molecular weight is 149 g/mol. The van der Waals surface area contributed by atoms with E-state index in [0.717, 1.165) is 6.42 Å². The summed E-state index contributed by atoms with van der Waals surface area (Å²) >= 11 is 4.76. The minimum absolute atomic E-state index is 0.449. The maximum Gasteiger partial charge on any atom is 0.217 e. The number of hydrogen-bond donors (Lipinski definition) is 0. The smallest absolute Gasteiger partial charge is 0.217 e. The van der Waals surface area contributed by atoms with Gasteiger partial charge in [-0.3, -0.25) is 0 Å². The van der Waals surface area contributed by atoms with Crippen LogP contribution in [-0.2, 0) is 9.47 Å². The molecule has 0 aliphatic heterocycles. The largest absolute Gasteiger partial charge is 0.343 e. The molecule has 0 aromatic heterocycles. The molecule has 0 aromatic carbocycles. The zero-order valence-electron chi connectivity index (χ0n) is 5.92. The van der Waals surface area contributed by atoms with Gasteiger partial charge in [0.15, 0.2) is 0 Å². The third-order valence-electron chi connectivity index (χ3n) is 0.761. The number of ether oxygens (including phenoxy) is 2. The Labute approximate surface area is 61.9 Å². The summed E-state index contributed by atoms with van der Waals surface area (Å²) < 4.78 is 9.96. The molecule has 0 amide bonds. The Morgan fingerprint density at radius 2 is 2.00 bits per heavy atom. The van der Waals surface area contributed by atoms with Gasteiger partial charge in [0.1, 0.15) is 0 Å². The van der Waals surface area contributed by atoms with Crippen molar-refractivity contribution in [2.75, 3.05) is 13.2 Å². The fourth-order valence-electron chi connectivity index (χ4n) is 0.398. The van der Waals surface area contributed by atoms with Crippen molar-refractivity contribution in [1.29, 1.82) is 0 Å². The van der Waals surface area contributed by atoms with Crippen molar-refractivity contribution in [1.82, 2.24) is 0 Å². The van der Waals surface area contributed by atoms with Gasteiger partial charge in [-0.15, -0.1) is 0 Å². The van der Waals surface area contributed by atoms with Crippen LogP contribution in [0.5, 0.6) is 0 Å². The standard InChI is InChI=1S/C6H13O2S/c1-3-5-8-6(9)7-4-2/h6H,3-5H2,1-2H3. The Bertz CT molecular complexity index is 59.0. The maximum atomic E-state index is 5.02. The van der Waals surface area contributed by atoms with Crippen LogP contribution in [0.3, 0.4) is 0 Å². The summed E-state index contributed by atoms with van der Waals surface area (Å²) in [6.45, 7) is 5.24. The third-order valence-corrected chi connectivity index (χ3v) is 1.03. The van der Waals surface area contributed by atoms with Gasteiger partial charge in [0.2, 0.25) is 5.62 Å². The second-order valence-electron chi connectivity index (χ2n) is 1.61. The average Bonchev–Trinajstić information content (AvgIpc) is 1.85. The molecule has 0 saturated carbocycles. The number of rotatable bonds is 5. The SMILES string of the molecule is CCCOC([S])OCC. The van der Waals surface area contributed by atoms with E-state index >= 15 is 0 Å². The normalized spacial score (nSPS) is 13.7. The lowest BCUT2D eigenvalue weighted by Gasteiger charge is -2.08. The molecule has 0 fully saturated rings. The van der Waals surface area contributed by atoms with Crippen molar-refractivity contribution < 1.29 is 9.47 Å². The zero-order chi connectivity index (χ0) is 7.11. The van der Waals surface area contributed by atoms with E-state index in [4.69, 9.17) is 22.1 Å². The van der Waals surface area contributed by atoms with Crippen LogP contribution in [0.15, 0.2) is 0 Å². The van der Waals surface area contributed by atoms with Gasteiger partial charge in [0.05, 0.1) is 6.61 Å². The van der Waals surface area contributed by atoms with E-state index in [1.165, 1.54) is 0 Å². The van der Waals surface area contributed by atoms with Gasteiger partial charge in [-0.2, -0.15) is 0 Å². The summed E-state index contributed by atoms with van der Waals surface area (Å²) in [6, 6.07) is 0. The van der Waals surface area contributed by atoms with Gasteiger partial charge in [0, 0.05) is 6.61 Å².